The van der Waals surface area contributed by atoms with E-state index in [-0.39, 0.29) is 5.41 Å². The highest BCUT2D eigenvalue weighted by atomic mass is 14.9. The number of fused-ring (bicyclic) bond motifs is 5. The fourth-order valence-corrected chi connectivity index (χ4v) is 6.66. The maximum atomic E-state index is 3.60. The Bertz CT molecular complexity index is 1040. The molecule has 2 aliphatic carbocycles. The van der Waals surface area contributed by atoms with Crippen molar-refractivity contribution >= 4 is 11.4 Å². The van der Waals surface area contributed by atoms with Gasteiger partial charge < -0.3 is 5.32 Å². The summed E-state index contributed by atoms with van der Waals surface area (Å²) in [5, 5.41) is 3.60. The van der Waals surface area contributed by atoms with Crippen LogP contribution < -0.4 is 5.32 Å². The molecule has 1 saturated carbocycles. The number of benzene rings is 3. The summed E-state index contributed by atoms with van der Waals surface area (Å²) in [7, 11) is 0. The monoisotopic (exact) mass is 381 g/mol. The van der Waals surface area contributed by atoms with Gasteiger partial charge in [-0.1, -0.05) is 75.7 Å². The fraction of sp³-hybridized carbons (Fsp3) is 0.357. The number of para-hydroxylation sites is 1. The van der Waals surface area contributed by atoms with Gasteiger partial charge in [-0.3, -0.25) is 0 Å². The molecule has 0 bridgehead atoms. The predicted octanol–water partition coefficient (Wildman–Crippen LogP) is 7.93. The molecule has 3 aromatic carbocycles. The molecular weight excluding hydrogens is 350 g/mol. The smallest absolute Gasteiger partial charge is 0.0390 e. The van der Waals surface area contributed by atoms with Gasteiger partial charge in [0.2, 0.25) is 0 Å². The normalized spacial score (nSPS) is 27.1. The number of nitrogens with one attached hydrogen (secondary N) is 1. The van der Waals surface area contributed by atoms with E-state index in [4.69, 9.17) is 0 Å². The van der Waals surface area contributed by atoms with Crippen LogP contribution in [0.5, 0.6) is 0 Å². The van der Waals surface area contributed by atoms with Crippen molar-refractivity contribution in [2.75, 3.05) is 5.32 Å². The molecule has 148 valence electrons. The van der Waals surface area contributed by atoms with Crippen molar-refractivity contribution in [3.63, 3.8) is 0 Å². The Morgan fingerprint density at radius 1 is 0.828 bits per heavy atom. The molecule has 0 radical (unpaired) electrons. The van der Waals surface area contributed by atoms with Gasteiger partial charge >= 0.3 is 0 Å². The van der Waals surface area contributed by atoms with Gasteiger partial charge in [-0.15, -0.1) is 0 Å². The fourth-order valence-electron chi connectivity index (χ4n) is 6.66. The first-order valence-electron chi connectivity index (χ1n) is 11.1. The van der Waals surface area contributed by atoms with Gasteiger partial charge in [-0.25, -0.2) is 0 Å². The minimum absolute atomic E-state index is 0.152. The third kappa shape index (κ3) is 2.67. The molecule has 0 heterocycles. The van der Waals surface area contributed by atoms with Crippen LogP contribution in [-0.4, -0.2) is 0 Å². The largest absolute Gasteiger partial charge is 0.356 e. The maximum absolute atomic E-state index is 3.60. The summed E-state index contributed by atoms with van der Waals surface area (Å²) in [6, 6.07) is 26.7. The van der Waals surface area contributed by atoms with Crippen molar-refractivity contribution in [2.45, 2.75) is 51.9 Å². The lowest BCUT2D eigenvalue weighted by molar-refractivity contribution is 0.199. The summed E-state index contributed by atoms with van der Waals surface area (Å²) >= 11 is 0. The summed E-state index contributed by atoms with van der Waals surface area (Å²) in [6.07, 6.45) is 5.11. The van der Waals surface area contributed by atoms with E-state index < -0.39 is 0 Å². The molecule has 0 aliphatic heterocycles. The summed E-state index contributed by atoms with van der Waals surface area (Å²) in [4.78, 5) is 0. The molecule has 3 unspecified atom stereocenters. The van der Waals surface area contributed by atoms with E-state index in [1.54, 1.807) is 11.1 Å². The molecule has 3 atom stereocenters. The molecule has 1 N–H and O–H groups in total. The van der Waals surface area contributed by atoms with Crippen LogP contribution in [0.15, 0.2) is 72.8 Å². The molecular formula is C28H31N. The number of rotatable bonds is 4. The second-order valence-electron chi connectivity index (χ2n) is 9.53. The van der Waals surface area contributed by atoms with Gasteiger partial charge in [0.25, 0.3) is 0 Å². The minimum Gasteiger partial charge on any atom is -0.356 e. The Labute approximate surface area is 175 Å². The second kappa shape index (κ2) is 6.76. The van der Waals surface area contributed by atoms with Crippen molar-refractivity contribution in [3.05, 3.63) is 83.9 Å². The molecule has 29 heavy (non-hydrogen) atoms. The molecule has 0 amide bonds. The van der Waals surface area contributed by atoms with Gasteiger partial charge in [-0.2, -0.15) is 0 Å². The van der Waals surface area contributed by atoms with Gasteiger partial charge in [0.1, 0.15) is 0 Å². The minimum atomic E-state index is 0.152. The molecule has 0 saturated heterocycles. The number of anilines is 2. The average molecular weight is 382 g/mol. The van der Waals surface area contributed by atoms with Crippen molar-refractivity contribution < 1.29 is 0 Å². The van der Waals surface area contributed by atoms with Gasteiger partial charge in [-0.05, 0) is 77.1 Å². The quantitative estimate of drug-likeness (QED) is 0.484. The summed E-state index contributed by atoms with van der Waals surface area (Å²) in [6.45, 7) is 7.35. The molecule has 1 spiro atoms. The lowest BCUT2D eigenvalue weighted by atomic mass is 9.60. The lowest BCUT2D eigenvalue weighted by Crippen LogP contribution is -2.38. The van der Waals surface area contributed by atoms with E-state index in [1.807, 2.05) is 0 Å². The van der Waals surface area contributed by atoms with Crippen LogP contribution in [0.3, 0.4) is 0 Å². The van der Waals surface area contributed by atoms with E-state index in [0.29, 0.717) is 5.41 Å². The van der Waals surface area contributed by atoms with E-state index in [1.165, 1.54) is 42.5 Å². The maximum Gasteiger partial charge on any atom is 0.0390 e. The van der Waals surface area contributed by atoms with Crippen LogP contribution in [-0.2, 0) is 5.41 Å². The third-order valence-corrected chi connectivity index (χ3v) is 7.50. The van der Waals surface area contributed by atoms with Gasteiger partial charge in [0.15, 0.2) is 0 Å². The van der Waals surface area contributed by atoms with Crippen LogP contribution in [0.2, 0.25) is 0 Å². The summed E-state index contributed by atoms with van der Waals surface area (Å²) in [5.41, 5.74) is 8.76. The summed E-state index contributed by atoms with van der Waals surface area (Å²) < 4.78 is 0. The van der Waals surface area contributed by atoms with E-state index in [2.05, 4.69) is 98.9 Å². The van der Waals surface area contributed by atoms with Crippen molar-refractivity contribution in [3.8, 4) is 11.1 Å². The Morgan fingerprint density at radius 3 is 2.34 bits per heavy atom. The van der Waals surface area contributed by atoms with Gasteiger partial charge in [0.05, 0.1) is 0 Å². The first kappa shape index (κ1) is 18.5. The molecule has 1 heteroatoms. The molecule has 0 aromatic heterocycles. The second-order valence-corrected chi connectivity index (χ2v) is 9.53. The molecule has 3 aromatic rings. The van der Waals surface area contributed by atoms with Crippen LogP contribution >= 0.6 is 0 Å². The Balaban J connectivity index is 1.68. The first-order chi connectivity index (χ1) is 14.1. The average Bonchev–Trinajstić information content (AvgIpc) is 3.15. The molecule has 5 rings (SSSR count). The molecule has 1 fully saturated rings. The van der Waals surface area contributed by atoms with Crippen LogP contribution in [0, 0.1) is 11.3 Å². The zero-order valence-electron chi connectivity index (χ0n) is 17.8. The number of hydrogen-bond donors (Lipinski definition) is 1. The summed E-state index contributed by atoms with van der Waals surface area (Å²) in [5.74, 6) is 0.757. The highest BCUT2D eigenvalue weighted by molar-refractivity contribution is 5.84. The van der Waals surface area contributed by atoms with Crippen molar-refractivity contribution in [2.24, 2.45) is 11.3 Å². The highest BCUT2D eigenvalue weighted by Crippen LogP contribution is 2.67. The predicted molar refractivity (Wildman–Crippen MR) is 124 cm³/mol. The van der Waals surface area contributed by atoms with Crippen LogP contribution in [0.1, 0.15) is 57.6 Å². The highest BCUT2D eigenvalue weighted by Gasteiger charge is 2.59. The lowest BCUT2D eigenvalue weighted by Gasteiger charge is -2.43. The Morgan fingerprint density at radius 2 is 1.55 bits per heavy atom. The third-order valence-electron chi connectivity index (χ3n) is 7.50. The van der Waals surface area contributed by atoms with E-state index in [9.17, 15) is 0 Å². The zero-order valence-corrected chi connectivity index (χ0v) is 17.8. The van der Waals surface area contributed by atoms with E-state index in [0.717, 1.165) is 11.6 Å². The van der Waals surface area contributed by atoms with Gasteiger partial charge in [0, 0.05) is 16.8 Å². The first-order valence-corrected chi connectivity index (χ1v) is 11.1. The molecule has 1 nitrogen and oxygen atoms in total. The van der Waals surface area contributed by atoms with E-state index >= 15 is 0 Å². The number of hydrogen-bond acceptors (Lipinski definition) is 1. The van der Waals surface area contributed by atoms with Crippen LogP contribution in [0.25, 0.3) is 11.1 Å². The van der Waals surface area contributed by atoms with Crippen molar-refractivity contribution in [1.29, 1.82) is 0 Å². The Kier molecular flexibility index (Phi) is 4.31. The van der Waals surface area contributed by atoms with Crippen LogP contribution in [0.4, 0.5) is 11.4 Å². The Hall–Kier alpha value is -2.54. The standard InChI is InChI=1S/C28H31N/c1-4-16-27(3)18-20(2)19-28(27)25-13-9-8-12-23(25)24-17-22(14-15-26(24)28)29-21-10-6-5-7-11-21/h5-15,17,20,29H,4,16,18-19H2,1-3H3. The van der Waals surface area contributed by atoms with Crippen molar-refractivity contribution in [1.82, 2.24) is 0 Å². The zero-order chi connectivity index (χ0) is 20.1. The molecule has 2 aliphatic rings. The SMILES string of the molecule is CCCC1(C)CC(C)CC12c1ccccc1-c1cc(Nc3ccccc3)ccc12. The topological polar surface area (TPSA) is 12.0 Å².